The highest BCUT2D eigenvalue weighted by Gasteiger charge is 2.32. The highest BCUT2D eigenvalue weighted by atomic mass is 19.4. The fourth-order valence-electron chi connectivity index (χ4n) is 4.52. The number of ether oxygens (including phenoxy) is 2. The van der Waals surface area contributed by atoms with Gasteiger partial charge in [0.15, 0.2) is 11.6 Å². The van der Waals surface area contributed by atoms with Gasteiger partial charge in [0.1, 0.15) is 12.1 Å². The summed E-state index contributed by atoms with van der Waals surface area (Å²) in [6, 6.07) is 4.97. The summed E-state index contributed by atoms with van der Waals surface area (Å²) in [6.07, 6.45) is -1.81. The van der Waals surface area contributed by atoms with Crippen LogP contribution < -0.4 is 20.7 Å². The van der Waals surface area contributed by atoms with Gasteiger partial charge in [0.2, 0.25) is 11.7 Å². The molecule has 0 radical (unpaired) electrons. The highest BCUT2D eigenvalue weighted by Crippen LogP contribution is 2.33. The van der Waals surface area contributed by atoms with E-state index in [0.29, 0.717) is 31.2 Å². The Bertz CT molecular complexity index is 1030. The number of nitrogens with one attached hydrogen (secondary N) is 1. The van der Waals surface area contributed by atoms with Crippen LogP contribution in [0.1, 0.15) is 24.4 Å². The fourth-order valence-corrected chi connectivity index (χ4v) is 4.52. The third-order valence-corrected chi connectivity index (χ3v) is 6.31. The van der Waals surface area contributed by atoms with E-state index in [2.05, 4.69) is 20.0 Å². The fraction of sp³-hybridized carbons (Fsp3) is 0.522. The monoisotopic (exact) mass is 512 g/mol. The van der Waals surface area contributed by atoms with Crippen molar-refractivity contribution < 1.29 is 31.8 Å². The number of anilines is 2. The molecular weight excluding hydrogens is 484 g/mol. The van der Waals surface area contributed by atoms with E-state index in [4.69, 9.17) is 10.5 Å². The van der Waals surface area contributed by atoms with Crippen LogP contribution in [0.3, 0.4) is 0 Å². The summed E-state index contributed by atoms with van der Waals surface area (Å²) in [7, 11) is 0. The van der Waals surface area contributed by atoms with Crippen molar-refractivity contribution in [1.29, 1.82) is 0 Å². The maximum absolute atomic E-state index is 15.5. The number of nitrogens with zero attached hydrogens (tertiary/aromatic N) is 4. The third-order valence-electron chi connectivity index (χ3n) is 6.31. The Morgan fingerprint density at radius 3 is 2.56 bits per heavy atom. The van der Waals surface area contributed by atoms with Crippen molar-refractivity contribution in [2.45, 2.75) is 25.2 Å². The van der Waals surface area contributed by atoms with E-state index in [-0.39, 0.29) is 36.4 Å². The zero-order chi connectivity index (χ0) is 25.7. The molecule has 1 aromatic heterocycles. The van der Waals surface area contributed by atoms with Crippen LogP contribution in [0.5, 0.6) is 5.75 Å². The van der Waals surface area contributed by atoms with Crippen LogP contribution in [0.15, 0.2) is 30.6 Å². The highest BCUT2D eigenvalue weighted by molar-refractivity contribution is 5.75. The normalized spacial score (nSPS) is 19.8. The van der Waals surface area contributed by atoms with E-state index < -0.39 is 18.2 Å². The summed E-state index contributed by atoms with van der Waals surface area (Å²) in [5.74, 6) is -0.830. The molecule has 1 aromatic carbocycles. The number of hydrogen-bond acceptors (Lipinski definition) is 8. The van der Waals surface area contributed by atoms with E-state index in [1.807, 2.05) is 4.90 Å². The molecule has 2 aliphatic heterocycles. The topological polar surface area (TPSA) is 106 Å². The molecule has 2 saturated heterocycles. The lowest BCUT2D eigenvalue weighted by Gasteiger charge is -2.37. The Hall–Kier alpha value is -3.19. The quantitative estimate of drug-likeness (QED) is 0.521. The van der Waals surface area contributed by atoms with Crippen molar-refractivity contribution in [3.05, 3.63) is 42.0 Å². The van der Waals surface area contributed by atoms with Crippen LogP contribution in [0.25, 0.3) is 0 Å². The van der Waals surface area contributed by atoms with Gasteiger partial charge in [-0.25, -0.2) is 9.97 Å². The summed E-state index contributed by atoms with van der Waals surface area (Å²) in [6.45, 7) is 3.16. The van der Waals surface area contributed by atoms with Crippen molar-refractivity contribution in [2.75, 3.05) is 56.2 Å². The minimum Gasteiger partial charge on any atom is -0.406 e. The molecule has 13 heteroatoms. The van der Waals surface area contributed by atoms with E-state index in [1.165, 1.54) is 30.6 Å². The number of nitrogens with two attached hydrogens (primary N) is 1. The predicted molar refractivity (Wildman–Crippen MR) is 123 cm³/mol. The van der Waals surface area contributed by atoms with Gasteiger partial charge in [0.05, 0.1) is 25.8 Å². The number of aromatic nitrogens is 2. The maximum Gasteiger partial charge on any atom is 0.573 e. The van der Waals surface area contributed by atoms with E-state index >= 15 is 4.39 Å². The third kappa shape index (κ3) is 6.72. The first kappa shape index (κ1) is 25.9. The second kappa shape index (κ2) is 11.2. The van der Waals surface area contributed by atoms with Crippen molar-refractivity contribution >= 4 is 17.5 Å². The van der Waals surface area contributed by atoms with E-state index in [0.717, 1.165) is 25.9 Å². The Balaban J connectivity index is 1.42. The average molecular weight is 513 g/mol. The van der Waals surface area contributed by atoms with Gasteiger partial charge in [-0.05, 0) is 49.5 Å². The molecule has 0 aliphatic carbocycles. The number of primary amides is 1. The van der Waals surface area contributed by atoms with E-state index in [9.17, 15) is 18.0 Å². The van der Waals surface area contributed by atoms with Crippen LogP contribution in [-0.2, 0) is 9.53 Å². The number of rotatable bonds is 8. The van der Waals surface area contributed by atoms with Gasteiger partial charge in [-0.1, -0.05) is 12.1 Å². The smallest absolute Gasteiger partial charge is 0.406 e. The van der Waals surface area contributed by atoms with Gasteiger partial charge in [-0.2, -0.15) is 4.39 Å². The van der Waals surface area contributed by atoms with Crippen LogP contribution in [-0.4, -0.2) is 73.1 Å². The molecule has 4 rings (SSSR count). The molecule has 0 spiro atoms. The lowest BCUT2D eigenvalue weighted by molar-refractivity contribution is -0.274. The molecule has 2 fully saturated rings. The Morgan fingerprint density at radius 2 is 1.89 bits per heavy atom. The molecule has 0 bridgehead atoms. The second-order valence-electron chi connectivity index (χ2n) is 8.83. The number of morpholine rings is 1. The zero-order valence-corrected chi connectivity index (χ0v) is 19.5. The minimum atomic E-state index is -4.78. The summed E-state index contributed by atoms with van der Waals surface area (Å²) >= 11 is 0. The SMILES string of the molecule is NC(=O)CN1CCC(CNc2ncnc(N3CCOCC3c3ccc(OC(F)(F)F)cc3)c2F)CC1. The largest absolute Gasteiger partial charge is 0.573 e. The Kier molecular flexibility index (Phi) is 8.09. The van der Waals surface area contributed by atoms with Crippen molar-refractivity contribution in [2.24, 2.45) is 11.7 Å². The van der Waals surface area contributed by atoms with Crippen molar-refractivity contribution in [3.8, 4) is 5.75 Å². The number of carbonyl (C=O) groups is 1. The lowest BCUT2D eigenvalue weighted by atomic mass is 9.97. The molecule has 1 amide bonds. The molecule has 2 aromatic rings. The number of carbonyl (C=O) groups excluding carboxylic acids is 1. The molecule has 3 heterocycles. The number of benzene rings is 1. The predicted octanol–water partition coefficient (Wildman–Crippen LogP) is 2.70. The maximum atomic E-state index is 15.5. The number of piperidine rings is 1. The number of likely N-dealkylation sites (tertiary alicyclic amines) is 1. The summed E-state index contributed by atoms with van der Waals surface area (Å²) in [4.78, 5) is 23.0. The molecule has 0 saturated carbocycles. The van der Waals surface area contributed by atoms with Gasteiger partial charge < -0.3 is 25.4 Å². The molecule has 196 valence electrons. The second-order valence-corrected chi connectivity index (χ2v) is 8.83. The summed E-state index contributed by atoms with van der Waals surface area (Å²) < 4.78 is 62.4. The Morgan fingerprint density at radius 1 is 1.17 bits per heavy atom. The number of alkyl halides is 3. The van der Waals surface area contributed by atoms with Crippen LogP contribution in [0, 0.1) is 11.7 Å². The molecule has 1 unspecified atom stereocenters. The van der Waals surface area contributed by atoms with Gasteiger partial charge in [-0.3, -0.25) is 9.69 Å². The van der Waals surface area contributed by atoms with Gasteiger partial charge in [0.25, 0.3) is 0 Å². The first-order valence-corrected chi connectivity index (χ1v) is 11.6. The summed E-state index contributed by atoms with van der Waals surface area (Å²) in [5.41, 5.74) is 5.89. The van der Waals surface area contributed by atoms with Gasteiger partial charge >= 0.3 is 6.36 Å². The summed E-state index contributed by atoms with van der Waals surface area (Å²) in [5, 5.41) is 3.08. The molecule has 3 N–H and O–H groups in total. The number of halogens is 4. The molecule has 9 nitrogen and oxygen atoms in total. The number of amides is 1. The van der Waals surface area contributed by atoms with E-state index in [1.54, 1.807) is 4.90 Å². The lowest BCUT2D eigenvalue weighted by Crippen LogP contribution is -2.41. The molecular formula is C23H28F4N6O3. The first-order chi connectivity index (χ1) is 17.2. The molecule has 1 atom stereocenters. The van der Waals surface area contributed by atoms with Crippen LogP contribution in [0.4, 0.5) is 29.2 Å². The first-order valence-electron chi connectivity index (χ1n) is 11.6. The average Bonchev–Trinajstić information content (AvgIpc) is 2.84. The molecule has 36 heavy (non-hydrogen) atoms. The molecule has 2 aliphatic rings. The van der Waals surface area contributed by atoms with Gasteiger partial charge in [0, 0.05) is 13.1 Å². The van der Waals surface area contributed by atoms with Crippen LogP contribution in [0.2, 0.25) is 0 Å². The zero-order valence-electron chi connectivity index (χ0n) is 19.5. The van der Waals surface area contributed by atoms with Gasteiger partial charge in [-0.15, -0.1) is 13.2 Å². The Labute approximate surface area is 205 Å². The van der Waals surface area contributed by atoms with Crippen molar-refractivity contribution in [1.82, 2.24) is 14.9 Å². The van der Waals surface area contributed by atoms with Crippen LogP contribution >= 0.6 is 0 Å². The standard InChI is InChI=1S/C23H28F4N6O3/c24-20-21(29-11-15-5-7-32(8-6-15)12-19(28)34)30-14-31-22(20)33-9-10-35-13-18(33)16-1-3-17(4-2-16)36-23(25,26)27/h1-4,14-15,18H,5-13H2,(H2,28,34)(H,29,30,31). The minimum absolute atomic E-state index is 0.0822. The van der Waals surface area contributed by atoms with Crippen molar-refractivity contribution in [3.63, 3.8) is 0 Å². The number of hydrogen-bond donors (Lipinski definition) is 2.